The standard InChI is InChI=1S/C13H23N5O2/c1-6-18(7-9(19)17(4)5)13(20)12-10(14)11(8(2)3)15-16-12/h8H,6-7,14H2,1-5H3,(H,15,16). The smallest absolute Gasteiger partial charge is 0.276 e. The molecular weight excluding hydrogens is 258 g/mol. The summed E-state index contributed by atoms with van der Waals surface area (Å²) < 4.78 is 0. The molecule has 0 fully saturated rings. The second-order valence-corrected chi connectivity index (χ2v) is 5.16. The first-order valence-corrected chi connectivity index (χ1v) is 6.62. The molecular formula is C13H23N5O2. The average molecular weight is 281 g/mol. The number of nitrogens with zero attached hydrogens (tertiary/aromatic N) is 3. The molecule has 0 spiro atoms. The molecule has 0 aliphatic heterocycles. The summed E-state index contributed by atoms with van der Waals surface area (Å²) in [4.78, 5) is 27.0. The Morgan fingerprint density at radius 2 is 1.95 bits per heavy atom. The van der Waals surface area contributed by atoms with Crippen molar-refractivity contribution >= 4 is 17.5 Å². The maximum Gasteiger partial charge on any atom is 0.276 e. The fourth-order valence-electron chi connectivity index (χ4n) is 1.75. The largest absolute Gasteiger partial charge is 0.395 e. The molecule has 1 aromatic heterocycles. The lowest BCUT2D eigenvalue weighted by Crippen LogP contribution is -2.40. The van der Waals surface area contributed by atoms with Crippen LogP contribution in [0, 0.1) is 0 Å². The molecule has 20 heavy (non-hydrogen) atoms. The molecule has 0 radical (unpaired) electrons. The quantitative estimate of drug-likeness (QED) is 0.829. The predicted octanol–water partition coefficient (Wildman–Crippen LogP) is 0.666. The number of anilines is 1. The summed E-state index contributed by atoms with van der Waals surface area (Å²) in [5.41, 5.74) is 7.24. The van der Waals surface area contributed by atoms with Gasteiger partial charge in [-0.2, -0.15) is 5.10 Å². The Morgan fingerprint density at radius 3 is 2.35 bits per heavy atom. The summed E-state index contributed by atoms with van der Waals surface area (Å²) in [5.74, 6) is -0.315. The third-order valence-corrected chi connectivity index (χ3v) is 3.11. The van der Waals surface area contributed by atoms with Gasteiger partial charge in [-0.1, -0.05) is 13.8 Å². The Morgan fingerprint density at radius 1 is 1.35 bits per heavy atom. The molecule has 0 atom stereocenters. The van der Waals surface area contributed by atoms with E-state index in [1.165, 1.54) is 9.80 Å². The number of nitrogens with one attached hydrogen (secondary N) is 1. The summed E-state index contributed by atoms with van der Waals surface area (Å²) in [5, 5.41) is 6.78. The molecule has 0 aliphatic carbocycles. The molecule has 1 heterocycles. The first-order chi connectivity index (χ1) is 9.29. The first-order valence-electron chi connectivity index (χ1n) is 6.62. The number of nitrogen functional groups attached to an aromatic ring is 1. The molecule has 0 aliphatic rings. The average Bonchev–Trinajstić information content (AvgIpc) is 2.76. The van der Waals surface area contributed by atoms with E-state index in [4.69, 9.17) is 5.73 Å². The van der Waals surface area contributed by atoms with Crippen LogP contribution in [0.5, 0.6) is 0 Å². The van der Waals surface area contributed by atoms with Gasteiger partial charge in [0, 0.05) is 20.6 Å². The third-order valence-electron chi connectivity index (χ3n) is 3.11. The van der Waals surface area contributed by atoms with Crippen molar-refractivity contribution in [1.29, 1.82) is 0 Å². The Kier molecular flexibility index (Phi) is 5.12. The number of H-pyrrole nitrogens is 1. The van der Waals surface area contributed by atoms with Crippen LogP contribution in [0.1, 0.15) is 42.9 Å². The zero-order valence-corrected chi connectivity index (χ0v) is 12.7. The fourth-order valence-corrected chi connectivity index (χ4v) is 1.75. The van der Waals surface area contributed by atoms with E-state index in [0.29, 0.717) is 12.2 Å². The van der Waals surface area contributed by atoms with Gasteiger partial charge in [0.25, 0.3) is 5.91 Å². The SMILES string of the molecule is CCN(CC(=O)N(C)C)C(=O)c1n[nH]c(C(C)C)c1N. The second-order valence-electron chi connectivity index (χ2n) is 5.16. The molecule has 0 unspecified atom stereocenters. The summed E-state index contributed by atoms with van der Waals surface area (Å²) in [6, 6.07) is 0. The van der Waals surface area contributed by atoms with Gasteiger partial charge in [0.1, 0.15) is 6.54 Å². The van der Waals surface area contributed by atoms with Gasteiger partial charge in [-0.3, -0.25) is 14.7 Å². The van der Waals surface area contributed by atoms with E-state index in [9.17, 15) is 9.59 Å². The minimum absolute atomic E-state index is 0.0195. The number of amides is 2. The predicted molar refractivity (Wildman–Crippen MR) is 77.4 cm³/mol. The topological polar surface area (TPSA) is 95.3 Å². The van der Waals surface area contributed by atoms with Crippen LogP contribution in [-0.2, 0) is 4.79 Å². The van der Waals surface area contributed by atoms with Gasteiger partial charge >= 0.3 is 0 Å². The van der Waals surface area contributed by atoms with Gasteiger partial charge < -0.3 is 15.5 Å². The second kappa shape index (κ2) is 6.40. The molecule has 0 saturated carbocycles. The van der Waals surface area contributed by atoms with Crippen molar-refractivity contribution < 1.29 is 9.59 Å². The van der Waals surface area contributed by atoms with E-state index < -0.39 is 0 Å². The summed E-state index contributed by atoms with van der Waals surface area (Å²) in [6.45, 7) is 6.18. The van der Waals surface area contributed by atoms with E-state index in [-0.39, 0.29) is 30.0 Å². The number of likely N-dealkylation sites (N-methyl/N-ethyl adjacent to an activating group) is 2. The third kappa shape index (κ3) is 3.28. The lowest BCUT2D eigenvalue weighted by atomic mass is 10.1. The van der Waals surface area contributed by atoms with E-state index in [1.807, 2.05) is 20.8 Å². The molecule has 0 aromatic carbocycles. The van der Waals surface area contributed by atoms with Crippen molar-refractivity contribution in [3.8, 4) is 0 Å². The van der Waals surface area contributed by atoms with Crippen LogP contribution in [0.25, 0.3) is 0 Å². The zero-order chi connectivity index (χ0) is 15.4. The minimum Gasteiger partial charge on any atom is -0.395 e. The number of nitrogens with two attached hydrogens (primary N) is 1. The molecule has 0 bridgehead atoms. The Labute approximate surface area is 119 Å². The number of carbonyl (C=O) groups excluding carboxylic acids is 2. The maximum atomic E-state index is 12.4. The van der Waals surface area contributed by atoms with Crippen LogP contribution in [0.4, 0.5) is 5.69 Å². The van der Waals surface area contributed by atoms with Crippen LogP contribution in [-0.4, -0.2) is 59.0 Å². The van der Waals surface area contributed by atoms with Crippen molar-refractivity contribution in [2.24, 2.45) is 0 Å². The lowest BCUT2D eigenvalue weighted by Gasteiger charge is -2.21. The molecule has 7 nitrogen and oxygen atoms in total. The van der Waals surface area contributed by atoms with Crippen LogP contribution in [0.15, 0.2) is 0 Å². The lowest BCUT2D eigenvalue weighted by molar-refractivity contribution is -0.129. The van der Waals surface area contributed by atoms with Gasteiger partial charge in [0.15, 0.2) is 5.69 Å². The van der Waals surface area contributed by atoms with Crippen LogP contribution in [0.3, 0.4) is 0 Å². The van der Waals surface area contributed by atoms with E-state index in [1.54, 1.807) is 14.1 Å². The fraction of sp³-hybridized carbons (Fsp3) is 0.615. The molecule has 1 aromatic rings. The number of carbonyl (C=O) groups is 2. The van der Waals surface area contributed by atoms with Gasteiger partial charge in [-0.05, 0) is 12.8 Å². The highest BCUT2D eigenvalue weighted by Gasteiger charge is 2.24. The van der Waals surface area contributed by atoms with Gasteiger partial charge in [0.2, 0.25) is 5.91 Å². The summed E-state index contributed by atoms with van der Waals surface area (Å²) in [6.07, 6.45) is 0. The summed E-state index contributed by atoms with van der Waals surface area (Å²) in [7, 11) is 3.31. The highest BCUT2D eigenvalue weighted by atomic mass is 16.2. The van der Waals surface area contributed by atoms with E-state index >= 15 is 0 Å². The maximum absolute atomic E-state index is 12.4. The number of rotatable bonds is 5. The van der Waals surface area contributed by atoms with E-state index in [0.717, 1.165) is 5.69 Å². The highest BCUT2D eigenvalue weighted by Crippen LogP contribution is 2.23. The molecule has 112 valence electrons. The Hall–Kier alpha value is -2.05. The Balaban J connectivity index is 2.94. The Bertz CT molecular complexity index is 493. The first kappa shape index (κ1) is 16.0. The molecule has 3 N–H and O–H groups in total. The summed E-state index contributed by atoms with van der Waals surface area (Å²) >= 11 is 0. The molecule has 7 heteroatoms. The number of hydrogen-bond donors (Lipinski definition) is 2. The van der Waals surface area contributed by atoms with Gasteiger partial charge in [-0.15, -0.1) is 0 Å². The van der Waals surface area contributed by atoms with E-state index in [2.05, 4.69) is 10.2 Å². The van der Waals surface area contributed by atoms with Crippen molar-refractivity contribution in [3.05, 3.63) is 11.4 Å². The number of aromatic amines is 1. The van der Waals surface area contributed by atoms with Crippen molar-refractivity contribution in [2.75, 3.05) is 32.9 Å². The zero-order valence-electron chi connectivity index (χ0n) is 12.7. The minimum atomic E-state index is -0.330. The van der Waals surface area contributed by atoms with Crippen molar-refractivity contribution in [2.45, 2.75) is 26.7 Å². The number of aromatic nitrogens is 2. The molecule has 0 saturated heterocycles. The number of hydrogen-bond acceptors (Lipinski definition) is 4. The van der Waals surface area contributed by atoms with Crippen molar-refractivity contribution in [3.63, 3.8) is 0 Å². The van der Waals surface area contributed by atoms with Gasteiger partial charge in [0.05, 0.1) is 11.4 Å². The highest BCUT2D eigenvalue weighted by molar-refractivity contribution is 5.99. The molecule has 2 amide bonds. The van der Waals surface area contributed by atoms with Crippen LogP contribution < -0.4 is 5.73 Å². The van der Waals surface area contributed by atoms with Crippen LogP contribution in [0.2, 0.25) is 0 Å². The normalized spacial score (nSPS) is 10.7. The molecule has 1 rings (SSSR count). The monoisotopic (exact) mass is 281 g/mol. The van der Waals surface area contributed by atoms with Crippen LogP contribution >= 0.6 is 0 Å². The van der Waals surface area contributed by atoms with Gasteiger partial charge in [-0.25, -0.2) is 0 Å². The van der Waals surface area contributed by atoms with Crippen molar-refractivity contribution in [1.82, 2.24) is 20.0 Å².